The minimum Gasteiger partial charge on any atom is -0.506 e. The number of phenolic OH excluding ortho intramolecular Hbond substituents is 1. The lowest BCUT2D eigenvalue weighted by molar-refractivity contribution is 0.469. The zero-order chi connectivity index (χ0) is 16.8. The Kier molecular flexibility index (Phi) is 3.66. The molecule has 0 bridgehead atoms. The zero-order valence-corrected chi connectivity index (χ0v) is 14.2. The standard InChI is InChI=1S/C18H24N4O/c1-5-22(6-2)16-12-9-18(3,4)14-15(20-10-21-17(14)19)11(12)7-8-13(16)23/h7-8,10,23H,5-6,9H2,1-4H3,(H2,19,20,21). The molecule has 1 aliphatic carbocycles. The van der Waals surface area contributed by atoms with Crippen LogP contribution >= 0.6 is 0 Å². The average molecular weight is 312 g/mol. The third-order valence-electron chi connectivity index (χ3n) is 4.77. The van der Waals surface area contributed by atoms with Crippen molar-refractivity contribution in [3.8, 4) is 17.0 Å². The molecule has 0 amide bonds. The molecule has 23 heavy (non-hydrogen) atoms. The fourth-order valence-corrected chi connectivity index (χ4v) is 3.72. The van der Waals surface area contributed by atoms with Gasteiger partial charge in [0.1, 0.15) is 17.9 Å². The summed E-state index contributed by atoms with van der Waals surface area (Å²) >= 11 is 0. The van der Waals surface area contributed by atoms with Gasteiger partial charge in [-0.3, -0.25) is 0 Å². The van der Waals surface area contributed by atoms with Gasteiger partial charge in [-0.1, -0.05) is 13.8 Å². The van der Waals surface area contributed by atoms with E-state index in [-0.39, 0.29) is 5.41 Å². The number of fused-ring (bicyclic) bond motifs is 3. The summed E-state index contributed by atoms with van der Waals surface area (Å²) in [6, 6.07) is 3.70. The van der Waals surface area contributed by atoms with Crippen molar-refractivity contribution in [2.75, 3.05) is 23.7 Å². The lowest BCUT2D eigenvalue weighted by Crippen LogP contribution is -2.31. The summed E-state index contributed by atoms with van der Waals surface area (Å²) < 4.78 is 0. The minimum absolute atomic E-state index is 0.177. The zero-order valence-electron chi connectivity index (χ0n) is 14.2. The number of benzene rings is 1. The van der Waals surface area contributed by atoms with E-state index in [1.54, 1.807) is 6.07 Å². The second-order valence-electron chi connectivity index (χ2n) is 6.67. The first-order chi connectivity index (χ1) is 10.9. The normalized spacial score (nSPS) is 15.0. The van der Waals surface area contributed by atoms with Gasteiger partial charge in [0.2, 0.25) is 0 Å². The molecule has 5 heteroatoms. The number of anilines is 2. The number of rotatable bonds is 3. The van der Waals surface area contributed by atoms with Crippen molar-refractivity contribution < 1.29 is 5.11 Å². The number of hydrogen-bond acceptors (Lipinski definition) is 5. The summed E-state index contributed by atoms with van der Waals surface area (Å²) in [4.78, 5) is 10.9. The van der Waals surface area contributed by atoms with Crippen molar-refractivity contribution in [3.05, 3.63) is 29.6 Å². The topological polar surface area (TPSA) is 75.3 Å². The number of nitrogens with two attached hydrogens (primary N) is 1. The third-order valence-corrected chi connectivity index (χ3v) is 4.77. The predicted molar refractivity (Wildman–Crippen MR) is 93.8 cm³/mol. The van der Waals surface area contributed by atoms with E-state index in [0.717, 1.165) is 47.6 Å². The van der Waals surface area contributed by atoms with Gasteiger partial charge in [-0.05, 0) is 43.4 Å². The van der Waals surface area contributed by atoms with Crippen LogP contribution in [0.1, 0.15) is 38.8 Å². The van der Waals surface area contributed by atoms with Crippen molar-refractivity contribution >= 4 is 11.5 Å². The van der Waals surface area contributed by atoms with Crippen LogP contribution in [0.25, 0.3) is 11.3 Å². The molecule has 2 aromatic rings. The van der Waals surface area contributed by atoms with E-state index >= 15 is 0 Å². The van der Waals surface area contributed by atoms with Gasteiger partial charge in [-0.25, -0.2) is 9.97 Å². The van der Waals surface area contributed by atoms with Gasteiger partial charge >= 0.3 is 0 Å². The summed E-state index contributed by atoms with van der Waals surface area (Å²) in [5.74, 6) is 0.872. The number of aromatic hydroxyl groups is 1. The van der Waals surface area contributed by atoms with E-state index in [2.05, 4.69) is 42.6 Å². The molecule has 3 rings (SSSR count). The molecular weight excluding hydrogens is 288 g/mol. The monoisotopic (exact) mass is 312 g/mol. The number of aromatic nitrogens is 2. The maximum Gasteiger partial charge on any atom is 0.139 e. The van der Waals surface area contributed by atoms with Crippen LogP contribution in [0, 0.1) is 0 Å². The highest BCUT2D eigenvalue weighted by atomic mass is 16.3. The molecule has 0 saturated heterocycles. The summed E-state index contributed by atoms with van der Waals surface area (Å²) in [6.45, 7) is 10.2. The van der Waals surface area contributed by atoms with Crippen LogP contribution in [0.15, 0.2) is 18.5 Å². The quantitative estimate of drug-likeness (QED) is 0.911. The fourth-order valence-electron chi connectivity index (χ4n) is 3.72. The minimum atomic E-state index is -0.177. The maximum atomic E-state index is 10.5. The van der Waals surface area contributed by atoms with E-state index in [1.165, 1.54) is 6.33 Å². The van der Waals surface area contributed by atoms with Gasteiger partial charge in [0.15, 0.2) is 0 Å². The average Bonchev–Trinajstić information content (AvgIpc) is 2.50. The van der Waals surface area contributed by atoms with Crippen molar-refractivity contribution in [2.24, 2.45) is 0 Å². The highest BCUT2D eigenvalue weighted by molar-refractivity contribution is 5.82. The van der Waals surface area contributed by atoms with Crippen LogP contribution in [0.3, 0.4) is 0 Å². The number of hydrogen-bond donors (Lipinski definition) is 2. The van der Waals surface area contributed by atoms with Gasteiger partial charge < -0.3 is 15.7 Å². The van der Waals surface area contributed by atoms with Gasteiger partial charge in [0.25, 0.3) is 0 Å². The Morgan fingerprint density at radius 1 is 1.22 bits per heavy atom. The van der Waals surface area contributed by atoms with Crippen molar-refractivity contribution in [2.45, 2.75) is 39.5 Å². The Hall–Kier alpha value is -2.30. The third kappa shape index (κ3) is 2.31. The molecule has 0 spiro atoms. The van der Waals surface area contributed by atoms with Crippen LogP contribution in [0.2, 0.25) is 0 Å². The Morgan fingerprint density at radius 2 is 1.91 bits per heavy atom. The van der Waals surface area contributed by atoms with Gasteiger partial charge in [-0.15, -0.1) is 0 Å². The van der Waals surface area contributed by atoms with Crippen molar-refractivity contribution in [1.29, 1.82) is 0 Å². The molecule has 0 atom stereocenters. The predicted octanol–water partition coefficient (Wildman–Crippen LogP) is 3.11. The van der Waals surface area contributed by atoms with Crippen LogP contribution in [-0.4, -0.2) is 28.2 Å². The SMILES string of the molecule is CCN(CC)c1c(O)ccc2c1CC(C)(C)c1c(N)ncnc1-2. The molecule has 5 nitrogen and oxygen atoms in total. The van der Waals surface area contributed by atoms with Crippen LogP contribution in [0.4, 0.5) is 11.5 Å². The largest absolute Gasteiger partial charge is 0.506 e. The van der Waals surface area contributed by atoms with E-state index in [4.69, 9.17) is 5.73 Å². The van der Waals surface area contributed by atoms with Crippen molar-refractivity contribution in [1.82, 2.24) is 9.97 Å². The molecule has 0 fully saturated rings. The summed E-state index contributed by atoms with van der Waals surface area (Å²) in [6.07, 6.45) is 2.32. The molecule has 0 radical (unpaired) electrons. The molecule has 3 N–H and O–H groups in total. The van der Waals surface area contributed by atoms with Crippen LogP contribution in [-0.2, 0) is 11.8 Å². The highest BCUT2D eigenvalue weighted by Gasteiger charge is 2.36. The lowest BCUT2D eigenvalue weighted by Gasteiger charge is -2.37. The number of phenols is 1. The molecule has 0 aliphatic heterocycles. The van der Waals surface area contributed by atoms with Crippen LogP contribution < -0.4 is 10.6 Å². The second kappa shape index (κ2) is 5.41. The maximum absolute atomic E-state index is 10.5. The Morgan fingerprint density at radius 3 is 2.57 bits per heavy atom. The fraction of sp³-hybridized carbons (Fsp3) is 0.444. The first-order valence-corrected chi connectivity index (χ1v) is 8.11. The molecule has 0 saturated carbocycles. The van der Waals surface area contributed by atoms with E-state index in [0.29, 0.717) is 11.6 Å². The Bertz CT molecular complexity index is 751. The molecule has 122 valence electrons. The summed E-state index contributed by atoms with van der Waals surface area (Å²) in [5.41, 5.74) is 11.0. The molecule has 1 aromatic heterocycles. The van der Waals surface area contributed by atoms with E-state index < -0.39 is 0 Å². The van der Waals surface area contributed by atoms with Gasteiger partial charge in [0.05, 0.1) is 11.4 Å². The molecular formula is C18H24N4O. The van der Waals surface area contributed by atoms with Crippen molar-refractivity contribution in [3.63, 3.8) is 0 Å². The smallest absolute Gasteiger partial charge is 0.139 e. The first-order valence-electron chi connectivity index (χ1n) is 8.11. The molecule has 1 aromatic carbocycles. The van der Waals surface area contributed by atoms with Gasteiger partial charge in [-0.2, -0.15) is 0 Å². The number of nitrogens with zero attached hydrogens (tertiary/aromatic N) is 3. The van der Waals surface area contributed by atoms with Crippen LogP contribution in [0.5, 0.6) is 5.75 Å². The van der Waals surface area contributed by atoms with Gasteiger partial charge in [0, 0.05) is 24.2 Å². The first kappa shape index (κ1) is 15.6. The molecule has 1 heterocycles. The second-order valence-corrected chi connectivity index (χ2v) is 6.67. The Labute approximate surface area is 137 Å². The van der Waals surface area contributed by atoms with E-state index in [1.807, 2.05) is 6.07 Å². The molecule has 0 unspecified atom stereocenters. The highest BCUT2D eigenvalue weighted by Crippen LogP contribution is 2.48. The summed E-state index contributed by atoms with van der Waals surface area (Å²) in [7, 11) is 0. The van der Waals surface area contributed by atoms with E-state index in [9.17, 15) is 5.11 Å². The number of nitrogen functional groups attached to an aromatic ring is 1. The lowest BCUT2D eigenvalue weighted by atomic mass is 9.71. The molecule has 1 aliphatic rings. The Balaban J connectivity index is 2.33. The summed E-state index contributed by atoms with van der Waals surface area (Å²) in [5, 5.41) is 10.5.